The summed E-state index contributed by atoms with van der Waals surface area (Å²) in [6, 6.07) is 64.8. The minimum Gasteiger partial charge on any atom is -0.456 e. The second-order valence-corrected chi connectivity index (χ2v) is 15.9. The third-order valence-corrected chi connectivity index (χ3v) is 13.1. The Balaban J connectivity index is 1.04. The maximum Gasteiger partial charge on any atom is 0.136 e. The van der Waals surface area contributed by atoms with E-state index in [0.29, 0.717) is 0 Å². The van der Waals surface area contributed by atoms with E-state index in [1.54, 1.807) is 0 Å². The Kier molecular flexibility index (Phi) is 5.80. The van der Waals surface area contributed by atoms with E-state index in [0.717, 1.165) is 16.6 Å². The lowest BCUT2D eigenvalue weighted by molar-refractivity contribution is 0.669. The molecule has 2 nitrogen and oxygen atoms in total. The van der Waals surface area contributed by atoms with Gasteiger partial charge >= 0.3 is 0 Å². The van der Waals surface area contributed by atoms with Crippen LogP contribution in [0.4, 0.5) is 0 Å². The predicted molar refractivity (Wildman–Crippen MR) is 236 cm³/mol. The molecular weight excluding hydrogens is 687 g/mol. The molecule has 0 fully saturated rings. The quantitative estimate of drug-likeness (QED) is 0.167. The topological polar surface area (TPSA) is 18.1 Å². The number of hydrogen-bond acceptors (Lipinski definition) is 2. The molecule has 0 aliphatic heterocycles. The lowest BCUT2D eigenvalue weighted by atomic mass is 9.86. The van der Waals surface area contributed by atoms with Crippen molar-refractivity contribution >= 4 is 108 Å². The maximum absolute atomic E-state index is 6.32. The highest BCUT2D eigenvalue weighted by Gasteiger charge is 2.20. The summed E-state index contributed by atoms with van der Waals surface area (Å²) in [4.78, 5) is 0. The number of hydrogen-bond donors (Lipinski definition) is 0. The second-order valence-electron chi connectivity index (χ2n) is 14.8. The number of fused-ring (bicyclic) bond motifs is 9. The lowest BCUT2D eigenvalue weighted by Gasteiger charge is -2.17. The van der Waals surface area contributed by atoms with Crippen molar-refractivity contribution in [3.63, 3.8) is 0 Å². The van der Waals surface area contributed by atoms with Crippen molar-refractivity contribution in [1.82, 2.24) is 4.57 Å². The van der Waals surface area contributed by atoms with Gasteiger partial charge in [-0.25, -0.2) is 0 Å². The standard InChI is InChI=1S/C52H29NOS/c1-2-9-33(10-3-1)53-44-14-6-4-11-36(44)41-29-49-43(28-45(41)53)42-27-32(21-26-48(42)55-49)34-22-17-30-20-25-39-35(23-18-31-19-24-38(34)50(30)51(31)39)37-13-8-16-47-52(37)40-12-5-7-15-46(40)54-47/h1-29H. The Morgan fingerprint density at radius 1 is 0.364 bits per heavy atom. The van der Waals surface area contributed by atoms with E-state index in [9.17, 15) is 0 Å². The van der Waals surface area contributed by atoms with Gasteiger partial charge in [0.15, 0.2) is 0 Å². The van der Waals surface area contributed by atoms with E-state index in [4.69, 9.17) is 4.42 Å². The number of para-hydroxylation sites is 3. The molecule has 13 aromatic rings. The summed E-state index contributed by atoms with van der Waals surface area (Å²) < 4.78 is 11.4. The fourth-order valence-electron chi connectivity index (χ4n) is 9.55. The first-order valence-electron chi connectivity index (χ1n) is 18.8. The van der Waals surface area contributed by atoms with Crippen molar-refractivity contribution < 1.29 is 4.42 Å². The van der Waals surface area contributed by atoms with E-state index < -0.39 is 0 Å². The summed E-state index contributed by atoms with van der Waals surface area (Å²) in [5, 5.41) is 15.2. The van der Waals surface area contributed by atoms with Gasteiger partial charge in [-0.2, -0.15) is 0 Å². The molecule has 0 saturated heterocycles. The van der Waals surface area contributed by atoms with Gasteiger partial charge in [-0.1, -0.05) is 121 Å². The van der Waals surface area contributed by atoms with Crippen molar-refractivity contribution in [3.05, 3.63) is 176 Å². The minimum atomic E-state index is 0.922. The monoisotopic (exact) mass is 715 g/mol. The van der Waals surface area contributed by atoms with Crippen LogP contribution in [0, 0.1) is 0 Å². The number of rotatable bonds is 3. The molecule has 0 aliphatic rings. The zero-order valence-electron chi connectivity index (χ0n) is 29.5. The van der Waals surface area contributed by atoms with Crippen molar-refractivity contribution in [3.8, 4) is 27.9 Å². The van der Waals surface area contributed by atoms with Crippen LogP contribution in [-0.2, 0) is 0 Å². The molecule has 3 heteroatoms. The lowest BCUT2D eigenvalue weighted by Crippen LogP contribution is -1.92. The summed E-state index contributed by atoms with van der Waals surface area (Å²) in [5.74, 6) is 0. The summed E-state index contributed by atoms with van der Waals surface area (Å²) in [5.41, 5.74) is 10.4. The smallest absolute Gasteiger partial charge is 0.136 e. The van der Waals surface area contributed by atoms with Crippen LogP contribution in [0.25, 0.3) is 124 Å². The summed E-state index contributed by atoms with van der Waals surface area (Å²) in [6.07, 6.45) is 0. The van der Waals surface area contributed by atoms with Crippen LogP contribution in [0.15, 0.2) is 180 Å². The number of furan rings is 1. The van der Waals surface area contributed by atoms with Crippen LogP contribution in [-0.4, -0.2) is 4.57 Å². The Morgan fingerprint density at radius 2 is 1.05 bits per heavy atom. The van der Waals surface area contributed by atoms with Crippen molar-refractivity contribution in [2.45, 2.75) is 0 Å². The van der Waals surface area contributed by atoms with Crippen LogP contribution >= 0.6 is 11.3 Å². The van der Waals surface area contributed by atoms with Gasteiger partial charge in [0.2, 0.25) is 0 Å². The van der Waals surface area contributed by atoms with E-state index in [-0.39, 0.29) is 0 Å². The fourth-order valence-corrected chi connectivity index (χ4v) is 10.7. The normalized spacial score (nSPS) is 12.4. The molecule has 0 spiro atoms. The molecule has 3 aromatic heterocycles. The van der Waals surface area contributed by atoms with Gasteiger partial charge < -0.3 is 8.98 Å². The molecule has 0 radical (unpaired) electrons. The molecule has 0 saturated carbocycles. The predicted octanol–water partition coefficient (Wildman–Crippen LogP) is 15.3. The zero-order valence-corrected chi connectivity index (χ0v) is 30.3. The molecule has 13 rings (SSSR count). The van der Waals surface area contributed by atoms with Crippen molar-refractivity contribution in [1.29, 1.82) is 0 Å². The molecule has 55 heavy (non-hydrogen) atoms. The number of aromatic nitrogens is 1. The summed E-state index contributed by atoms with van der Waals surface area (Å²) >= 11 is 1.89. The average molecular weight is 716 g/mol. The molecule has 0 atom stereocenters. The van der Waals surface area contributed by atoms with Crippen molar-refractivity contribution in [2.24, 2.45) is 0 Å². The SMILES string of the molecule is c1ccc(-n2c3ccccc3c3cc4sc5ccc(-c6ccc7ccc8c(-c9cccc%10oc%11ccccc%11c9%10)ccc9ccc6c7c98)cc5c4cc32)cc1. The van der Waals surface area contributed by atoms with Gasteiger partial charge in [0.1, 0.15) is 11.2 Å². The van der Waals surface area contributed by atoms with Gasteiger partial charge in [-0.15, -0.1) is 11.3 Å². The third-order valence-electron chi connectivity index (χ3n) is 11.9. The Hall–Kier alpha value is -6.94. The van der Waals surface area contributed by atoms with Gasteiger partial charge in [-0.05, 0) is 109 Å². The fraction of sp³-hybridized carbons (Fsp3) is 0. The molecule has 3 heterocycles. The van der Waals surface area contributed by atoms with E-state index in [1.165, 1.54) is 108 Å². The van der Waals surface area contributed by atoms with Crippen LogP contribution in [0.3, 0.4) is 0 Å². The van der Waals surface area contributed by atoms with Crippen LogP contribution < -0.4 is 0 Å². The molecule has 0 N–H and O–H groups in total. The van der Waals surface area contributed by atoms with Crippen LogP contribution in [0.5, 0.6) is 0 Å². The average Bonchev–Trinajstić information content (AvgIpc) is 3.91. The zero-order chi connectivity index (χ0) is 35.8. The van der Waals surface area contributed by atoms with E-state index >= 15 is 0 Å². The highest BCUT2D eigenvalue weighted by atomic mass is 32.1. The third kappa shape index (κ3) is 4.03. The second kappa shape index (κ2) is 10.8. The number of thiophene rings is 1. The van der Waals surface area contributed by atoms with Crippen molar-refractivity contribution in [2.75, 3.05) is 0 Å². The Morgan fingerprint density at radius 3 is 1.91 bits per heavy atom. The van der Waals surface area contributed by atoms with Crippen LogP contribution in [0.2, 0.25) is 0 Å². The van der Waals surface area contributed by atoms with E-state index in [2.05, 4.69) is 174 Å². The summed E-state index contributed by atoms with van der Waals surface area (Å²) in [6.45, 7) is 0. The minimum absolute atomic E-state index is 0.922. The molecular formula is C52H29NOS. The molecule has 0 aliphatic carbocycles. The summed E-state index contributed by atoms with van der Waals surface area (Å²) in [7, 11) is 0. The molecule has 254 valence electrons. The van der Waals surface area contributed by atoms with Crippen LogP contribution in [0.1, 0.15) is 0 Å². The Labute approximate surface area is 319 Å². The first kappa shape index (κ1) is 29.5. The molecule has 0 amide bonds. The highest BCUT2D eigenvalue weighted by molar-refractivity contribution is 7.25. The van der Waals surface area contributed by atoms with Gasteiger partial charge in [0, 0.05) is 47.4 Å². The number of benzene rings is 10. The highest BCUT2D eigenvalue weighted by Crippen LogP contribution is 2.46. The largest absolute Gasteiger partial charge is 0.456 e. The van der Waals surface area contributed by atoms with Gasteiger partial charge in [0.05, 0.1) is 11.0 Å². The van der Waals surface area contributed by atoms with Gasteiger partial charge in [-0.3, -0.25) is 0 Å². The molecule has 0 bridgehead atoms. The number of nitrogens with zero attached hydrogens (tertiary/aromatic N) is 1. The van der Waals surface area contributed by atoms with Gasteiger partial charge in [0.25, 0.3) is 0 Å². The maximum atomic E-state index is 6.32. The molecule has 0 unspecified atom stereocenters. The first-order valence-corrected chi connectivity index (χ1v) is 19.6. The Bertz CT molecular complexity index is 3710. The van der Waals surface area contributed by atoms with E-state index in [1.807, 2.05) is 17.4 Å². The first-order chi connectivity index (χ1) is 27.3. The molecule has 10 aromatic carbocycles.